The number of aromatic amines is 2. The van der Waals surface area contributed by atoms with Crippen LogP contribution in [0.5, 0.6) is 46.0 Å². The maximum Gasteiger partial charge on any atom is 0.316 e. The summed E-state index contributed by atoms with van der Waals surface area (Å²) in [6, 6.07) is 61.4. The Kier molecular flexibility index (Phi) is 15.2. The van der Waals surface area contributed by atoms with Crippen molar-refractivity contribution in [2.75, 3.05) is 0 Å². The molecule has 14 nitrogen and oxygen atoms in total. The number of aromatic hydroxyl groups is 2. The van der Waals surface area contributed by atoms with E-state index in [-0.39, 0.29) is 49.4 Å². The molecule has 0 aliphatic carbocycles. The summed E-state index contributed by atoms with van der Waals surface area (Å²) in [7, 11) is 0. The molecule has 96 heavy (non-hydrogen) atoms. The lowest BCUT2D eigenvalue weighted by atomic mass is 9.96. The van der Waals surface area contributed by atoms with Crippen LogP contribution in [0.3, 0.4) is 0 Å². The molecule has 20 bridgehead atoms. The highest BCUT2D eigenvalue weighted by Gasteiger charge is 2.31. The summed E-state index contributed by atoms with van der Waals surface area (Å²) in [5, 5.41) is 24.8. The van der Waals surface area contributed by atoms with Gasteiger partial charge in [0, 0.05) is 111 Å². The van der Waals surface area contributed by atoms with Gasteiger partial charge in [-0.05, 0) is 114 Å². The summed E-state index contributed by atoms with van der Waals surface area (Å²) in [6.45, 7) is 10.6. The van der Waals surface area contributed by atoms with Crippen LogP contribution in [0.25, 0.3) is 113 Å². The van der Waals surface area contributed by atoms with Gasteiger partial charge in [0.25, 0.3) is 0 Å². The van der Waals surface area contributed by atoms with Crippen LogP contribution in [0.4, 0.5) is 0 Å². The van der Waals surface area contributed by atoms with Crippen LogP contribution in [-0.4, -0.2) is 42.1 Å². The highest BCUT2D eigenvalue weighted by Crippen LogP contribution is 2.48. The van der Waals surface area contributed by atoms with Gasteiger partial charge in [-0.1, -0.05) is 146 Å². The number of nitrogens with one attached hydrogen (secondary N) is 2. The summed E-state index contributed by atoms with van der Waals surface area (Å²) < 4.78 is 40.6. The lowest BCUT2D eigenvalue weighted by Gasteiger charge is -2.22. The van der Waals surface area contributed by atoms with E-state index in [1.54, 1.807) is 53.7 Å². The van der Waals surface area contributed by atoms with Gasteiger partial charge >= 0.3 is 11.9 Å². The molecular weight excluding hydrogens is 1200 g/mol. The lowest BCUT2D eigenvalue weighted by Crippen LogP contribution is -2.26. The number of nitrogens with zero attached hydrogens (tertiary/aromatic N) is 2. The summed E-state index contributed by atoms with van der Waals surface area (Å²) >= 11 is 0. The molecule has 0 unspecified atom stereocenters. The minimum absolute atomic E-state index is 0.0369. The summed E-state index contributed by atoms with van der Waals surface area (Å²) in [6.07, 6.45) is 8.03. The van der Waals surface area contributed by atoms with Crippen molar-refractivity contribution in [3.8, 4) is 113 Å². The molecule has 4 aliphatic heterocycles. The molecule has 0 radical (unpaired) electrons. The van der Waals surface area contributed by atoms with Crippen molar-refractivity contribution < 1.29 is 48.2 Å². The first-order valence-electron chi connectivity index (χ1n) is 31.9. The zero-order chi connectivity index (χ0) is 66.0. The van der Waals surface area contributed by atoms with Crippen molar-refractivity contribution >= 4 is 58.3 Å². The number of aromatic nitrogens is 4. The zero-order valence-electron chi connectivity index (χ0n) is 53.7. The van der Waals surface area contributed by atoms with Crippen LogP contribution >= 0.6 is 0 Å². The topological polar surface area (TPSA) is 187 Å². The summed E-state index contributed by atoms with van der Waals surface area (Å²) in [5.74, 6) is 1.55. The normalized spacial score (nSPS) is 13.1. The Morgan fingerprint density at radius 2 is 0.604 bits per heavy atom. The number of carbonyl (C=O) groups is 2. The molecule has 4 N–H and O–H groups in total. The van der Waals surface area contributed by atoms with Crippen LogP contribution in [0, 0.1) is 10.8 Å². The van der Waals surface area contributed by atoms with E-state index in [0.29, 0.717) is 157 Å². The Labute approximate surface area is 554 Å². The molecule has 0 fully saturated rings. The van der Waals surface area contributed by atoms with Crippen molar-refractivity contribution in [3.63, 3.8) is 0 Å². The Balaban J connectivity index is 1.03. The molecule has 11 aromatic rings. The highest BCUT2D eigenvalue weighted by atomic mass is 16.5. The molecule has 0 saturated heterocycles. The van der Waals surface area contributed by atoms with Gasteiger partial charge in [-0.2, -0.15) is 0 Å². The lowest BCUT2D eigenvalue weighted by molar-refractivity contribution is -0.143. The molecule has 0 atom stereocenters. The van der Waals surface area contributed by atoms with E-state index in [1.807, 2.05) is 206 Å². The summed E-state index contributed by atoms with van der Waals surface area (Å²) in [5.41, 5.74) is 13.1. The molecule has 0 spiro atoms. The molecule has 4 aliphatic rings. The SMILES string of the molecule is CC(C)(C)C(=O)Oc1c2cccc1-c1cccc(c1O)COc1ccccc1-c1c3nc(c4c5ccc([nH]5)c(c5nc(c(c6ccc1[nH]6)-c1ccccc1OC2)C=C5)-c1ccccc1OCc1cccc(c1O)-c1cccc(c1OC(=O)C(C)(C)C)COc1ccccc1-4)C=C3. The maximum absolute atomic E-state index is 14.0. The van der Waals surface area contributed by atoms with Crippen LogP contribution in [0.2, 0.25) is 0 Å². The van der Waals surface area contributed by atoms with E-state index in [2.05, 4.69) is 9.97 Å². The second-order valence-corrected chi connectivity index (χ2v) is 26.1. The number of fused-ring (bicyclic) bond motifs is 26. The van der Waals surface area contributed by atoms with Crippen molar-refractivity contribution in [2.24, 2.45) is 10.8 Å². The first-order valence-corrected chi connectivity index (χ1v) is 31.9. The Morgan fingerprint density at radius 1 is 0.344 bits per heavy atom. The van der Waals surface area contributed by atoms with Gasteiger partial charge in [-0.15, -0.1) is 0 Å². The minimum atomic E-state index is -0.878. The van der Waals surface area contributed by atoms with Gasteiger partial charge in [0.05, 0.1) is 33.6 Å². The molecule has 15 rings (SSSR count). The fraction of sp³-hybridized carbons (Fsp3) is 0.146. The third kappa shape index (κ3) is 11.1. The fourth-order valence-corrected chi connectivity index (χ4v) is 12.6. The van der Waals surface area contributed by atoms with Gasteiger partial charge in [-0.25, -0.2) is 9.97 Å². The summed E-state index contributed by atoms with van der Waals surface area (Å²) in [4.78, 5) is 47.1. The Morgan fingerprint density at radius 3 is 0.906 bits per heavy atom. The van der Waals surface area contributed by atoms with Gasteiger partial charge in [-0.3, -0.25) is 9.59 Å². The van der Waals surface area contributed by atoms with Crippen molar-refractivity contribution in [1.82, 2.24) is 19.9 Å². The predicted octanol–water partition coefficient (Wildman–Crippen LogP) is 18.9. The smallest absolute Gasteiger partial charge is 0.316 e. The monoisotopic (exact) mass is 1270 g/mol. The van der Waals surface area contributed by atoms with Crippen LogP contribution in [0.15, 0.2) is 194 Å². The average molecular weight is 1270 g/mol. The molecule has 0 amide bonds. The average Bonchev–Trinajstić information content (AvgIpc) is 1.54. The highest BCUT2D eigenvalue weighted by molar-refractivity contribution is 6.02. The number of H-pyrrole nitrogens is 2. The second-order valence-electron chi connectivity index (χ2n) is 26.1. The Hall–Kier alpha value is -11.9. The molecule has 7 heterocycles. The van der Waals surface area contributed by atoms with E-state index >= 15 is 0 Å². The van der Waals surface area contributed by atoms with Crippen molar-refractivity contribution in [1.29, 1.82) is 0 Å². The standard InChI is InChI=1S/C82H66N4O10/c1-81(2,3)79(89)95-77-49-21-17-29-53(77)51-27-15-19-47(75(51)87)43-91-67-31-11-7-23-55(67)71-59-35-39-63(83-59)73(57-25-9-13-33-69(57)93-45-49)65-41-37-61(85-65)72-56-24-8-12-32-68(56)92-44-48-20-16-28-52(76(48)88)54-30-18-22-50(78(54)96-80(90)82(4,5)6)46-94-70-34-14-10-26-58(70)74(64-40-36-60(72)84-64)66-42-38-62(71)86-66/h7-42,83-84,87-88H,43-46H2,1-6H3. The molecule has 3 aromatic heterocycles. The third-order valence-corrected chi connectivity index (χ3v) is 17.5. The number of ether oxygens (including phenoxy) is 6. The number of carbonyl (C=O) groups excluding carboxylic acids is 2. The van der Waals surface area contributed by atoms with Gasteiger partial charge in [0.1, 0.15) is 72.4 Å². The van der Waals surface area contributed by atoms with E-state index in [0.717, 1.165) is 0 Å². The number of rotatable bonds is 2. The number of hydrogen-bond acceptors (Lipinski definition) is 12. The van der Waals surface area contributed by atoms with Crippen LogP contribution in [-0.2, 0) is 36.0 Å². The molecule has 14 heteroatoms. The number of esters is 2. The third-order valence-electron chi connectivity index (χ3n) is 17.5. The van der Waals surface area contributed by atoms with Crippen molar-refractivity contribution in [2.45, 2.75) is 68.0 Å². The predicted molar refractivity (Wildman–Crippen MR) is 375 cm³/mol. The fourth-order valence-electron chi connectivity index (χ4n) is 12.6. The van der Waals surface area contributed by atoms with Crippen LogP contribution in [0.1, 0.15) is 86.6 Å². The van der Waals surface area contributed by atoms with Gasteiger partial charge < -0.3 is 48.6 Å². The maximum atomic E-state index is 14.0. The van der Waals surface area contributed by atoms with Gasteiger partial charge in [0.2, 0.25) is 0 Å². The number of para-hydroxylation sites is 8. The van der Waals surface area contributed by atoms with Gasteiger partial charge in [0.15, 0.2) is 0 Å². The minimum Gasteiger partial charge on any atom is -0.507 e. The van der Waals surface area contributed by atoms with E-state index in [9.17, 15) is 19.8 Å². The van der Waals surface area contributed by atoms with Crippen LogP contribution < -0.4 is 28.4 Å². The molecule has 474 valence electrons. The van der Waals surface area contributed by atoms with Crippen molar-refractivity contribution in [3.05, 3.63) is 239 Å². The van der Waals surface area contributed by atoms with E-state index in [1.165, 1.54) is 0 Å². The number of phenolic OH excluding ortho intramolecular Hbond substituents is 2. The van der Waals surface area contributed by atoms with E-state index < -0.39 is 22.8 Å². The number of benzene rings is 8. The first-order chi connectivity index (χ1) is 46.5. The molecule has 0 saturated carbocycles. The molecule has 8 aromatic carbocycles. The zero-order valence-corrected chi connectivity index (χ0v) is 53.7. The first kappa shape index (κ1) is 60.3. The second kappa shape index (κ2) is 24.2. The molecular formula is C82H66N4O10. The van der Waals surface area contributed by atoms with E-state index in [4.69, 9.17) is 38.4 Å². The number of phenols is 2. The largest absolute Gasteiger partial charge is 0.507 e. The number of hydrogen-bond donors (Lipinski definition) is 4. The Bertz CT molecular complexity index is 4930. The quantitative estimate of drug-likeness (QED) is 0.0949.